The van der Waals surface area contributed by atoms with Crippen molar-refractivity contribution in [2.24, 2.45) is 11.1 Å². The monoisotopic (exact) mass is 398 g/mol. The van der Waals surface area contributed by atoms with Gasteiger partial charge in [-0.2, -0.15) is 5.10 Å². The molecule has 30 heavy (non-hydrogen) atoms. The molecule has 2 aliphatic carbocycles. The molecule has 152 valence electrons. The molecular formula is C25H26N4O. The minimum atomic E-state index is -0.279. The summed E-state index contributed by atoms with van der Waals surface area (Å²) >= 11 is 0. The van der Waals surface area contributed by atoms with Crippen LogP contribution in [-0.4, -0.2) is 35.2 Å². The molecule has 1 aromatic heterocycles. The zero-order valence-corrected chi connectivity index (χ0v) is 17.3. The SMILES string of the molecule is CN(C)c1ccc(C2(c3ccccc3)C=Cc3c(C(=NO)C4CC4)n[nH]c3C2)cc1. The largest absolute Gasteiger partial charge is 0.411 e. The standard InChI is InChI=1S/C25H26N4O/c1-29(2)20-12-10-19(11-13-20)25(18-6-4-3-5-7-18)15-14-21-22(16-25)26-27-24(21)23(28-30)17-8-9-17/h3-7,10-15,17,30H,8-9,16H2,1-2H3,(H,26,27). The predicted molar refractivity (Wildman–Crippen MR) is 120 cm³/mol. The van der Waals surface area contributed by atoms with Gasteiger partial charge in [0.2, 0.25) is 0 Å². The number of allylic oxidation sites excluding steroid dienone is 1. The molecule has 1 saturated carbocycles. The van der Waals surface area contributed by atoms with Gasteiger partial charge in [-0.1, -0.05) is 59.8 Å². The van der Waals surface area contributed by atoms with Crippen LogP contribution in [0.5, 0.6) is 0 Å². The summed E-state index contributed by atoms with van der Waals surface area (Å²) in [5, 5.41) is 20.9. The lowest BCUT2D eigenvalue weighted by molar-refractivity contribution is 0.317. The van der Waals surface area contributed by atoms with Gasteiger partial charge in [-0.15, -0.1) is 0 Å². The van der Waals surface area contributed by atoms with E-state index in [0.717, 1.165) is 36.2 Å². The number of hydrogen-bond donors (Lipinski definition) is 2. The lowest BCUT2D eigenvalue weighted by atomic mass is 9.68. The summed E-state index contributed by atoms with van der Waals surface area (Å²) in [7, 11) is 4.11. The maximum atomic E-state index is 9.55. The van der Waals surface area contributed by atoms with E-state index in [2.05, 4.69) is 101 Å². The van der Waals surface area contributed by atoms with E-state index >= 15 is 0 Å². The van der Waals surface area contributed by atoms with Gasteiger partial charge in [-0.3, -0.25) is 5.10 Å². The summed E-state index contributed by atoms with van der Waals surface area (Å²) in [6.07, 6.45) is 7.35. The zero-order chi connectivity index (χ0) is 20.7. The summed E-state index contributed by atoms with van der Waals surface area (Å²) in [5.41, 5.74) is 7.02. The minimum absolute atomic E-state index is 0.279. The second kappa shape index (κ2) is 7.17. The Kier molecular flexibility index (Phi) is 4.46. The van der Waals surface area contributed by atoms with Gasteiger partial charge in [0.25, 0.3) is 0 Å². The van der Waals surface area contributed by atoms with Gasteiger partial charge >= 0.3 is 0 Å². The van der Waals surface area contributed by atoms with Gasteiger partial charge in [-0.05, 0) is 36.1 Å². The van der Waals surface area contributed by atoms with Gasteiger partial charge in [0.1, 0.15) is 11.4 Å². The maximum Gasteiger partial charge on any atom is 0.117 e. The molecule has 2 N–H and O–H groups in total. The number of nitrogens with one attached hydrogen (secondary N) is 1. The molecule has 0 aliphatic heterocycles. The number of aromatic amines is 1. The normalized spacial score (nSPS) is 20.8. The number of oxime groups is 1. The Labute approximate surface area is 176 Å². The molecule has 0 saturated heterocycles. The van der Waals surface area contributed by atoms with E-state index in [4.69, 9.17) is 0 Å². The Morgan fingerprint density at radius 1 is 1.07 bits per heavy atom. The van der Waals surface area contributed by atoms with Crippen LogP contribution < -0.4 is 4.90 Å². The first-order valence-corrected chi connectivity index (χ1v) is 10.4. The number of H-pyrrole nitrogens is 1. The van der Waals surface area contributed by atoms with Crippen LogP contribution in [0.2, 0.25) is 0 Å². The Bertz CT molecular complexity index is 1110. The minimum Gasteiger partial charge on any atom is -0.411 e. The van der Waals surface area contributed by atoms with Crippen LogP contribution in [0.1, 0.15) is 40.9 Å². The average molecular weight is 399 g/mol. The Morgan fingerprint density at radius 2 is 1.77 bits per heavy atom. The van der Waals surface area contributed by atoms with Crippen molar-refractivity contribution in [3.05, 3.63) is 88.8 Å². The third-order valence-corrected chi connectivity index (χ3v) is 6.38. The molecule has 1 unspecified atom stereocenters. The van der Waals surface area contributed by atoms with E-state index in [0.29, 0.717) is 11.6 Å². The molecule has 3 aromatic rings. The third-order valence-electron chi connectivity index (χ3n) is 6.38. The fourth-order valence-corrected chi connectivity index (χ4v) is 4.49. The van der Waals surface area contributed by atoms with Crippen LogP contribution in [0.4, 0.5) is 5.69 Å². The summed E-state index contributed by atoms with van der Waals surface area (Å²) in [6, 6.07) is 19.4. The Balaban J connectivity index is 1.61. The van der Waals surface area contributed by atoms with E-state index in [1.54, 1.807) is 0 Å². The predicted octanol–water partition coefficient (Wildman–Crippen LogP) is 4.62. The fourth-order valence-electron chi connectivity index (χ4n) is 4.49. The van der Waals surface area contributed by atoms with Crippen LogP contribution in [-0.2, 0) is 11.8 Å². The maximum absolute atomic E-state index is 9.55. The molecule has 1 fully saturated rings. The second-order valence-corrected chi connectivity index (χ2v) is 8.51. The van der Waals surface area contributed by atoms with Gasteiger partial charge in [0.15, 0.2) is 0 Å². The quantitative estimate of drug-likeness (QED) is 0.374. The van der Waals surface area contributed by atoms with Gasteiger partial charge in [-0.25, -0.2) is 0 Å². The first kappa shape index (κ1) is 18.7. The van der Waals surface area contributed by atoms with Crippen molar-refractivity contribution in [2.45, 2.75) is 24.7 Å². The number of hydrogen-bond acceptors (Lipinski definition) is 4. The van der Waals surface area contributed by atoms with E-state index in [-0.39, 0.29) is 5.41 Å². The highest BCUT2D eigenvalue weighted by Gasteiger charge is 2.38. The molecule has 5 heteroatoms. The summed E-state index contributed by atoms with van der Waals surface area (Å²) in [6.45, 7) is 0. The van der Waals surface area contributed by atoms with Gasteiger partial charge in [0, 0.05) is 48.8 Å². The molecule has 1 atom stereocenters. The molecule has 2 aromatic carbocycles. The highest BCUT2D eigenvalue weighted by Crippen LogP contribution is 2.43. The average Bonchev–Trinajstić information content (AvgIpc) is 3.54. The van der Waals surface area contributed by atoms with Crippen LogP contribution >= 0.6 is 0 Å². The number of aromatic nitrogens is 2. The molecule has 0 bridgehead atoms. The molecule has 0 spiro atoms. The smallest absolute Gasteiger partial charge is 0.117 e. The lowest BCUT2D eigenvalue weighted by Gasteiger charge is -2.34. The van der Waals surface area contributed by atoms with Gasteiger partial charge < -0.3 is 10.1 Å². The van der Waals surface area contributed by atoms with Crippen molar-refractivity contribution < 1.29 is 5.21 Å². The van der Waals surface area contributed by atoms with Crippen molar-refractivity contribution in [2.75, 3.05) is 19.0 Å². The zero-order valence-electron chi connectivity index (χ0n) is 17.3. The second-order valence-electron chi connectivity index (χ2n) is 8.51. The molecule has 2 aliphatic rings. The van der Waals surface area contributed by atoms with Crippen molar-refractivity contribution in [1.29, 1.82) is 0 Å². The van der Waals surface area contributed by atoms with Crippen LogP contribution in [0.25, 0.3) is 6.08 Å². The number of fused-ring (bicyclic) bond motifs is 1. The summed E-state index contributed by atoms with van der Waals surface area (Å²) in [4.78, 5) is 2.11. The first-order valence-electron chi connectivity index (χ1n) is 10.4. The van der Waals surface area contributed by atoms with Crippen LogP contribution in [0.15, 0.2) is 65.8 Å². The van der Waals surface area contributed by atoms with Crippen LogP contribution in [0, 0.1) is 5.92 Å². The molecule has 5 rings (SSSR count). The summed E-state index contributed by atoms with van der Waals surface area (Å²) in [5.74, 6) is 0.329. The van der Waals surface area contributed by atoms with Gasteiger partial charge in [0.05, 0.1) is 0 Å². The number of anilines is 1. The summed E-state index contributed by atoms with van der Waals surface area (Å²) < 4.78 is 0. The van der Waals surface area contributed by atoms with E-state index in [9.17, 15) is 5.21 Å². The molecular weight excluding hydrogens is 372 g/mol. The number of benzene rings is 2. The Morgan fingerprint density at radius 3 is 2.40 bits per heavy atom. The Hall–Kier alpha value is -3.34. The lowest BCUT2D eigenvalue weighted by Crippen LogP contribution is -2.30. The fraction of sp³-hybridized carbons (Fsp3) is 0.280. The van der Waals surface area contributed by atoms with E-state index < -0.39 is 0 Å². The van der Waals surface area contributed by atoms with Crippen molar-refractivity contribution in [3.8, 4) is 0 Å². The molecule has 5 nitrogen and oxygen atoms in total. The number of nitrogens with zero attached hydrogens (tertiary/aromatic N) is 3. The highest BCUT2D eigenvalue weighted by atomic mass is 16.4. The molecule has 0 amide bonds. The van der Waals surface area contributed by atoms with E-state index in [1.807, 2.05) is 0 Å². The topological polar surface area (TPSA) is 64.5 Å². The van der Waals surface area contributed by atoms with Crippen LogP contribution in [0.3, 0.4) is 0 Å². The highest BCUT2D eigenvalue weighted by molar-refractivity contribution is 6.04. The number of rotatable bonds is 5. The van der Waals surface area contributed by atoms with E-state index in [1.165, 1.54) is 16.8 Å². The molecule has 0 radical (unpaired) electrons. The third kappa shape index (κ3) is 3.02. The van der Waals surface area contributed by atoms with Crippen molar-refractivity contribution in [3.63, 3.8) is 0 Å². The van der Waals surface area contributed by atoms with Crippen molar-refractivity contribution in [1.82, 2.24) is 10.2 Å². The first-order chi connectivity index (χ1) is 14.6. The van der Waals surface area contributed by atoms with Crippen molar-refractivity contribution >= 4 is 17.5 Å². The molecule has 1 heterocycles.